The second-order valence-corrected chi connectivity index (χ2v) is 6.20. The standard InChI is InChI=1S/C13H22N4O/c1-9-6-10(16-11(14)15-9)17-7-12(2,3)18-13(4,5)8-17/h6H,7-8H2,1-5H3,(H2,14,15,16). The van der Waals surface area contributed by atoms with Crippen LogP contribution < -0.4 is 10.6 Å². The minimum Gasteiger partial charge on any atom is -0.368 e. The number of aryl methyl sites for hydroxylation is 1. The van der Waals surface area contributed by atoms with Gasteiger partial charge in [-0.05, 0) is 34.6 Å². The van der Waals surface area contributed by atoms with Crippen LogP contribution in [-0.4, -0.2) is 34.3 Å². The van der Waals surface area contributed by atoms with E-state index in [2.05, 4.69) is 42.6 Å². The number of nitrogens with two attached hydrogens (primary N) is 1. The number of ether oxygens (including phenoxy) is 1. The van der Waals surface area contributed by atoms with Crippen molar-refractivity contribution in [2.24, 2.45) is 0 Å². The van der Waals surface area contributed by atoms with Gasteiger partial charge in [0.15, 0.2) is 0 Å². The van der Waals surface area contributed by atoms with Crippen LogP contribution in [0.4, 0.5) is 11.8 Å². The Kier molecular flexibility index (Phi) is 2.97. The maximum absolute atomic E-state index is 6.06. The van der Waals surface area contributed by atoms with Crippen molar-refractivity contribution >= 4 is 11.8 Å². The third kappa shape index (κ3) is 2.90. The molecule has 1 aromatic heterocycles. The van der Waals surface area contributed by atoms with Gasteiger partial charge in [0.05, 0.1) is 11.2 Å². The van der Waals surface area contributed by atoms with Gasteiger partial charge in [-0.25, -0.2) is 4.98 Å². The van der Waals surface area contributed by atoms with Crippen molar-refractivity contribution < 1.29 is 4.74 Å². The predicted molar refractivity (Wildman–Crippen MR) is 72.6 cm³/mol. The molecule has 1 fully saturated rings. The van der Waals surface area contributed by atoms with E-state index in [-0.39, 0.29) is 11.2 Å². The predicted octanol–water partition coefficient (Wildman–Crippen LogP) is 1.76. The van der Waals surface area contributed by atoms with Crippen LogP contribution >= 0.6 is 0 Å². The van der Waals surface area contributed by atoms with Gasteiger partial charge in [0.25, 0.3) is 0 Å². The fourth-order valence-corrected chi connectivity index (χ4v) is 2.69. The summed E-state index contributed by atoms with van der Waals surface area (Å²) in [6.07, 6.45) is 0. The summed E-state index contributed by atoms with van der Waals surface area (Å²) >= 11 is 0. The zero-order chi connectivity index (χ0) is 13.6. The largest absolute Gasteiger partial charge is 0.368 e. The first-order chi connectivity index (χ1) is 8.17. The van der Waals surface area contributed by atoms with Gasteiger partial charge in [-0.15, -0.1) is 0 Å². The van der Waals surface area contributed by atoms with Crippen LogP contribution in [0.2, 0.25) is 0 Å². The van der Waals surface area contributed by atoms with Crippen molar-refractivity contribution in [3.63, 3.8) is 0 Å². The average Bonchev–Trinajstić information content (AvgIpc) is 2.10. The van der Waals surface area contributed by atoms with E-state index in [0.29, 0.717) is 5.95 Å². The maximum Gasteiger partial charge on any atom is 0.222 e. The maximum atomic E-state index is 6.06. The first-order valence-electron chi connectivity index (χ1n) is 6.23. The summed E-state index contributed by atoms with van der Waals surface area (Å²) in [7, 11) is 0. The molecule has 2 rings (SSSR count). The number of hydrogen-bond donors (Lipinski definition) is 1. The molecule has 0 atom stereocenters. The van der Waals surface area contributed by atoms with Gasteiger partial charge in [-0.3, -0.25) is 0 Å². The summed E-state index contributed by atoms with van der Waals surface area (Å²) in [5.74, 6) is 1.21. The molecule has 1 aliphatic heterocycles. The topological polar surface area (TPSA) is 64.3 Å². The number of morpholine rings is 1. The van der Waals surface area contributed by atoms with Crippen molar-refractivity contribution in [3.8, 4) is 0 Å². The van der Waals surface area contributed by atoms with Crippen LogP contribution in [-0.2, 0) is 4.74 Å². The monoisotopic (exact) mass is 250 g/mol. The van der Waals surface area contributed by atoms with Crippen molar-refractivity contribution in [1.29, 1.82) is 0 Å². The smallest absolute Gasteiger partial charge is 0.222 e. The third-order valence-electron chi connectivity index (χ3n) is 2.88. The molecule has 0 aromatic carbocycles. The van der Waals surface area contributed by atoms with E-state index in [1.54, 1.807) is 0 Å². The quantitative estimate of drug-likeness (QED) is 0.822. The molecule has 0 bridgehead atoms. The van der Waals surface area contributed by atoms with Gasteiger partial charge in [0, 0.05) is 24.8 Å². The Labute approximate surface area is 108 Å². The molecule has 0 aliphatic carbocycles. The Morgan fingerprint density at radius 2 is 1.72 bits per heavy atom. The Hall–Kier alpha value is -1.36. The van der Waals surface area contributed by atoms with E-state index in [9.17, 15) is 0 Å². The number of anilines is 2. The van der Waals surface area contributed by atoms with E-state index in [1.165, 1.54) is 0 Å². The molecule has 0 radical (unpaired) electrons. The highest BCUT2D eigenvalue weighted by Crippen LogP contribution is 2.30. The molecular weight excluding hydrogens is 228 g/mol. The molecular formula is C13H22N4O. The summed E-state index contributed by atoms with van der Waals surface area (Å²) in [6.45, 7) is 11.9. The highest BCUT2D eigenvalue weighted by molar-refractivity contribution is 5.44. The lowest BCUT2D eigenvalue weighted by Crippen LogP contribution is -2.57. The molecule has 5 heteroatoms. The Morgan fingerprint density at radius 1 is 1.17 bits per heavy atom. The highest BCUT2D eigenvalue weighted by Gasteiger charge is 2.38. The summed E-state index contributed by atoms with van der Waals surface area (Å²) < 4.78 is 6.06. The lowest BCUT2D eigenvalue weighted by atomic mass is 9.99. The number of nitrogens with zero attached hydrogens (tertiary/aromatic N) is 3. The molecule has 2 N–H and O–H groups in total. The number of rotatable bonds is 1. The fourth-order valence-electron chi connectivity index (χ4n) is 2.69. The van der Waals surface area contributed by atoms with Crippen LogP contribution in [0, 0.1) is 6.92 Å². The van der Waals surface area contributed by atoms with Crippen molar-refractivity contribution in [3.05, 3.63) is 11.8 Å². The van der Waals surface area contributed by atoms with E-state index >= 15 is 0 Å². The summed E-state index contributed by atoms with van der Waals surface area (Å²) in [6, 6.07) is 1.97. The minimum atomic E-state index is -0.199. The van der Waals surface area contributed by atoms with E-state index < -0.39 is 0 Å². The lowest BCUT2D eigenvalue weighted by molar-refractivity contribution is -0.133. The summed E-state index contributed by atoms with van der Waals surface area (Å²) in [5.41, 5.74) is 6.21. The first-order valence-corrected chi connectivity index (χ1v) is 6.23. The molecule has 1 saturated heterocycles. The minimum absolute atomic E-state index is 0.199. The SMILES string of the molecule is Cc1cc(N2CC(C)(C)OC(C)(C)C2)nc(N)n1. The Balaban J connectivity index is 2.32. The van der Waals surface area contributed by atoms with Gasteiger partial charge in [-0.2, -0.15) is 4.98 Å². The molecule has 0 amide bonds. The van der Waals surface area contributed by atoms with E-state index in [0.717, 1.165) is 24.6 Å². The molecule has 5 nitrogen and oxygen atoms in total. The molecule has 0 saturated carbocycles. The summed E-state index contributed by atoms with van der Waals surface area (Å²) in [4.78, 5) is 10.7. The van der Waals surface area contributed by atoms with Crippen molar-refractivity contribution in [2.75, 3.05) is 23.7 Å². The summed E-state index contributed by atoms with van der Waals surface area (Å²) in [5, 5.41) is 0. The number of aromatic nitrogens is 2. The van der Waals surface area contributed by atoms with Crippen molar-refractivity contribution in [2.45, 2.75) is 45.8 Å². The Bertz CT molecular complexity index is 420. The average molecular weight is 250 g/mol. The lowest BCUT2D eigenvalue weighted by Gasteiger charge is -2.47. The van der Waals surface area contributed by atoms with Gasteiger partial charge in [-0.1, -0.05) is 0 Å². The van der Waals surface area contributed by atoms with Crippen LogP contribution in [0.25, 0.3) is 0 Å². The molecule has 0 spiro atoms. The van der Waals surface area contributed by atoms with Gasteiger partial charge >= 0.3 is 0 Å². The van der Waals surface area contributed by atoms with E-state index in [4.69, 9.17) is 10.5 Å². The normalized spacial score (nSPS) is 21.9. The zero-order valence-electron chi connectivity index (χ0n) is 11.8. The van der Waals surface area contributed by atoms with Gasteiger partial charge < -0.3 is 15.4 Å². The Morgan fingerprint density at radius 3 is 2.22 bits per heavy atom. The second kappa shape index (κ2) is 4.09. The molecule has 0 unspecified atom stereocenters. The molecule has 1 aliphatic rings. The second-order valence-electron chi connectivity index (χ2n) is 6.20. The zero-order valence-corrected chi connectivity index (χ0v) is 11.8. The highest BCUT2D eigenvalue weighted by atomic mass is 16.5. The van der Waals surface area contributed by atoms with Crippen LogP contribution in [0.15, 0.2) is 6.07 Å². The number of nitrogen functional groups attached to an aromatic ring is 1. The molecule has 2 heterocycles. The first kappa shape index (κ1) is 13.1. The number of hydrogen-bond acceptors (Lipinski definition) is 5. The van der Waals surface area contributed by atoms with Gasteiger partial charge in [0.2, 0.25) is 5.95 Å². The van der Waals surface area contributed by atoms with Crippen LogP contribution in [0.1, 0.15) is 33.4 Å². The van der Waals surface area contributed by atoms with E-state index in [1.807, 2.05) is 13.0 Å². The third-order valence-corrected chi connectivity index (χ3v) is 2.88. The van der Waals surface area contributed by atoms with Crippen molar-refractivity contribution in [1.82, 2.24) is 9.97 Å². The molecule has 100 valence electrons. The van der Waals surface area contributed by atoms with Gasteiger partial charge in [0.1, 0.15) is 5.82 Å². The fraction of sp³-hybridized carbons (Fsp3) is 0.692. The molecule has 1 aromatic rings. The molecule has 18 heavy (non-hydrogen) atoms. The van der Waals surface area contributed by atoms with Crippen LogP contribution in [0.5, 0.6) is 0 Å². The van der Waals surface area contributed by atoms with Crippen LogP contribution in [0.3, 0.4) is 0 Å².